The molecule has 158 valence electrons. The van der Waals surface area contributed by atoms with E-state index >= 15 is 0 Å². The van der Waals surface area contributed by atoms with E-state index in [4.69, 9.17) is 0 Å². The van der Waals surface area contributed by atoms with Gasteiger partial charge in [-0.05, 0) is 38.5 Å². The first-order valence-electron chi connectivity index (χ1n) is 10.5. The fourth-order valence-electron chi connectivity index (χ4n) is 4.00. The van der Waals surface area contributed by atoms with E-state index in [0.29, 0.717) is 44.8 Å². The Hall–Kier alpha value is -2.71. The number of anilines is 1. The fourth-order valence-corrected chi connectivity index (χ4v) is 4.00. The molecule has 1 saturated heterocycles. The van der Waals surface area contributed by atoms with Crippen LogP contribution in [0, 0.1) is 5.92 Å². The number of hydrogen-bond donors (Lipinski definition) is 3. The van der Waals surface area contributed by atoms with Gasteiger partial charge in [0, 0.05) is 44.5 Å². The molecule has 0 aromatic carbocycles. The summed E-state index contributed by atoms with van der Waals surface area (Å²) >= 11 is 0. The van der Waals surface area contributed by atoms with E-state index in [0.717, 1.165) is 12.8 Å². The zero-order chi connectivity index (χ0) is 20.6. The van der Waals surface area contributed by atoms with Crippen molar-refractivity contribution in [2.75, 3.05) is 25.0 Å². The molecule has 29 heavy (non-hydrogen) atoms. The lowest BCUT2D eigenvalue weighted by Gasteiger charge is -2.32. The van der Waals surface area contributed by atoms with Gasteiger partial charge in [0.15, 0.2) is 11.5 Å². The molecular weight excluding hydrogens is 372 g/mol. The number of carbonyl (C=O) groups excluding carboxylic acids is 3. The summed E-state index contributed by atoms with van der Waals surface area (Å²) in [6.07, 6.45) is 9.22. The highest BCUT2D eigenvalue weighted by atomic mass is 16.2. The molecule has 1 aromatic heterocycles. The van der Waals surface area contributed by atoms with E-state index in [1.165, 1.54) is 25.2 Å². The van der Waals surface area contributed by atoms with Gasteiger partial charge in [-0.1, -0.05) is 12.8 Å². The second-order valence-corrected chi connectivity index (χ2v) is 7.73. The summed E-state index contributed by atoms with van der Waals surface area (Å²) in [6.45, 7) is 3.65. The van der Waals surface area contributed by atoms with Crippen LogP contribution in [0.25, 0.3) is 0 Å². The molecule has 9 heteroatoms. The number of nitrogens with zero attached hydrogens (tertiary/aromatic N) is 3. The van der Waals surface area contributed by atoms with Gasteiger partial charge in [0.05, 0.1) is 0 Å². The molecule has 3 rings (SSSR count). The minimum Gasteiger partial charge on any atom is -0.348 e. The molecule has 2 fully saturated rings. The Morgan fingerprint density at radius 2 is 1.76 bits per heavy atom. The highest BCUT2D eigenvalue weighted by Gasteiger charge is 2.26. The zero-order valence-corrected chi connectivity index (χ0v) is 16.9. The third-order valence-electron chi connectivity index (χ3n) is 5.57. The molecule has 9 nitrogen and oxygen atoms in total. The number of aromatic nitrogens is 2. The number of hydrogen-bond acceptors (Lipinski definition) is 5. The van der Waals surface area contributed by atoms with Crippen LogP contribution in [0.3, 0.4) is 0 Å². The van der Waals surface area contributed by atoms with Crippen LogP contribution in [0.15, 0.2) is 12.4 Å². The summed E-state index contributed by atoms with van der Waals surface area (Å²) in [6, 6.07) is -0.115. The van der Waals surface area contributed by atoms with Crippen molar-refractivity contribution in [3.63, 3.8) is 0 Å². The van der Waals surface area contributed by atoms with Crippen LogP contribution >= 0.6 is 0 Å². The first kappa shape index (κ1) is 21.0. The number of nitrogens with one attached hydrogen (secondary N) is 3. The Morgan fingerprint density at radius 3 is 2.45 bits per heavy atom. The number of carbonyl (C=O) groups is 3. The standard InChI is InChI=1S/C20H30N6O3/c1-2-21-20(29)26-11-7-15(8-12-26)24-19(28)17-18(23-10-9-22-17)25-16(27)13-14-5-3-4-6-14/h9-10,14-15H,2-8,11-13H2,1H3,(H,21,29)(H,24,28)(H,23,25,27). The van der Waals surface area contributed by atoms with E-state index in [9.17, 15) is 14.4 Å². The molecule has 1 aromatic rings. The van der Waals surface area contributed by atoms with Crippen molar-refractivity contribution < 1.29 is 14.4 Å². The van der Waals surface area contributed by atoms with E-state index in [1.807, 2.05) is 6.92 Å². The quantitative estimate of drug-likeness (QED) is 0.672. The van der Waals surface area contributed by atoms with Gasteiger partial charge in [-0.2, -0.15) is 0 Å². The normalized spacial score (nSPS) is 17.8. The van der Waals surface area contributed by atoms with Crippen LogP contribution in [0.4, 0.5) is 10.6 Å². The molecule has 0 bridgehead atoms. The van der Waals surface area contributed by atoms with Crippen LogP contribution in [-0.4, -0.2) is 58.4 Å². The maximum Gasteiger partial charge on any atom is 0.317 e. The van der Waals surface area contributed by atoms with Crippen LogP contribution < -0.4 is 16.0 Å². The molecule has 0 unspecified atom stereocenters. The van der Waals surface area contributed by atoms with Crippen molar-refractivity contribution in [2.45, 2.75) is 57.9 Å². The van der Waals surface area contributed by atoms with Gasteiger partial charge in [0.1, 0.15) is 0 Å². The largest absolute Gasteiger partial charge is 0.348 e. The number of likely N-dealkylation sites (tertiary alicyclic amines) is 1. The Bertz CT molecular complexity index is 727. The fraction of sp³-hybridized carbons (Fsp3) is 0.650. The summed E-state index contributed by atoms with van der Waals surface area (Å²) in [7, 11) is 0. The molecule has 1 aliphatic heterocycles. The van der Waals surface area contributed by atoms with Crippen molar-refractivity contribution >= 4 is 23.7 Å². The van der Waals surface area contributed by atoms with Crippen LogP contribution in [0.5, 0.6) is 0 Å². The van der Waals surface area contributed by atoms with Gasteiger partial charge in [-0.25, -0.2) is 14.8 Å². The number of urea groups is 1. The Labute approximate surface area is 171 Å². The van der Waals surface area contributed by atoms with Gasteiger partial charge >= 0.3 is 6.03 Å². The average molecular weight is 402 g/mol. The van der Waals surface area contributed by atoms with Gasteiger partial charge in [-0.3, -0.25) is 9.59 Å². The SMILES string of the molecule is CCNC(=O)N1CCC(NC(=O)c2nccnc2NC(=O)CC2CCCC2)CC1. The monoisotopic (exact) mass is 402 g/mol. The topological polar surface area (TPSA) is 116 Å². The second-order valence-electron chi connectivity index (χ2n) is 7.73. The summed E-state index contributed by atoms with van der Waals surface area (Å²) in [5.74, 6) is 0.138. The molecular formula is C20H30N6O3. The van der Waals surface area contributed by atoms with Gasteiger partial charge in [0.2, 0.25) is 5.91 Å². The molecule has 2 aliphatic rings. The molecule has 2 heterocycles. The lowest BCUT2D eigenvalue weighted by atomic mass is 10.0. The number of amides is 4. The smallest absolute Gasteiger partial charge is 0.317 e. The maximum absolute atomic E-state index is 12.7. The van der Waals surface area contributed by atoms with E-state index in [1.54, 1.807) is 4.90 Å². The minimum absolute atomic E-state index is 0.0442. The summed E-state index contributed by atoms with van der Waals surface area (Å²) < 4.78 is 0. The molecule has 0 radical (unpaired) electrons. The third kappa shape index (κ3) is 5.88. The Morgan fingerprint density at radius 1 is 1.07 bits per heavy atom. The first-order chi connectivity index (χ1) is 14.1. The molecule has 1 aliphatic carbocycles. The predicted molar refractivity (Wildman–Crippen MR) is 108 cm³/mol. The third-order valence-corrected chi connectivity index (χ3v) is 5.57. The second kappa shape index (κ2) is 10.2. The maximum atomic E-state index is 12.7. The van der Waals surface area contributed by atoms with E-state index in [-0.39, 0.29) is 35.4 Å². The highest BCUT2D eigenvalue weighted by Crippen LogP contribution is 2.27. The first-order valence-corrected chi connectivity index (χ1v) is 10.5. The lowest BCUT2D eigenvalue weighted by Crippen LogP contribution is -2.49. The number of piperidine rings is 1. The summed E-state index contributed by atoms with van der Waals surface area (Å²) in [5.41, 5.74) is 0.124. The van der Waals surface area contributed by atoms with Crippen molar-refractivity contribution in [3.05, 3.63) is 18.1 Å². The Balaban J connectivity index is 1.53. The zero-order valence-electron chi connectivity index (χ0n) is 16.9. The molecule has 0 atom stereocenters. The summed E-state index contributed by atoms with van der Waals surface area (Å²) in [5, 5.41) is 8.51. The van der Waals surface area contributed by atoms with Gasteiger partial charge in [-0.15, -0.1) is 0 Å². The highest BCUT2D eigenvalue weighted by molar-refractivity contribution is 6.01. The molecule has 3 N–H and O–H groups in total. The van der Waals surface area contributed by atoms with Crippen LogP contribution in [0.2, 0.25) is 0 Å². The Kier molecular flexibility index (Phi) is 7.37. The molecule has 4 amide bonds. The van der Waals surface area contributed by atoms with E-state index in [2.05, 4.69) is 25.9 Å². The van der Waals surface area contributed by atoms with Crippen molar-refractivity contribution in [1.82, 2.24) is 25.5 Å². The minimum atomic E-state index is -0.356. The molecule has 1 saturated carbocycles. The lowest BCUT2D eigenvalue weighted by molar-refractivity contribution is -0.117. The predicted octanol–water partition coefficient (Wildman–Crippen LogP) is 1.92. The average Bonchev–Trinajstić information content (AvgIpc) is 3.22. The van der Waals surface area contributed by atoms with Crippen LogP contribution in [0.1, 0.15) is 62.4 Å². The van der Waals surface area contributed by atoms with E-state index < -0.39 is 0 Å². The number of rotatable bonds is 6. The van der Waals surface area contributed by atoms with Crippen molar-refractivity contribution in [2.24, 2.45) is 5.92 Å². The van der Waals surface area contributed by atoms with Gasteiger partial charge in [0.25, 0.3) is 5.91 Å². The summed E-state index contributed by atoms with van der Waals surface area (Å²) in [4.78, 5) is 47.0. The molecule has 0 spiro atoms. The van der Waals surface area contributed by atoms with Crippen molar-refractivity contribution in [3.8, 4) is 0 Å². The van der Waals surface area contributed by atoms with Crippen LogP contribution in [-0.2, 0) is 4.79 Å². The van der Waals surface area contributed by atoms with Gasteiger partial charge < -0.3 is 20.9 Å². The van der Waals surface area contributed by atoms with Crippen molar-refractivity contribution in [1.29, 1.82) is 0 Å².